The van der Waals surface area contributed by atoms with Gasteiger partial charge >= 0.3 is 0 Å². The molecular weight excluding hydrogens is 361 g/mol. The van der Waals surface area contributed by atoms with Gasteiger partial charge in [0, 0.05) is 15.4 Å². The molecule has 0 bridgehead atoms. The second-order valence-corrected chi connectivity index (χ2v) is 6.85. The standard InChI is InChI=1S/C15H16BrClFNS/c1-2-6-19-14(15-12(17)5-7-20-15)8-10-3-4-11(16)9-13(10)18/h3-5,7,9,14,19H,2,6,8H2,1H3. The van der Waals surface area contributed by atoms with E-state index in [1.807, 2.05) is 23.6 Å². The molecule has 1 aromatic carbocycles. The number of hydrogen-bond acceptors (Lipinski definition) is 2. The Kier molecular flexibility index (Phi) is 6.02. The summed E-state index contributed by atoms with van der Waals surface area (Å²) in [5.41, 5.74) is 0.700. The van der Waals surface area contributed by atoms with Gasteiger partial charge in [0.15, 0.2) is 0 Å². The van der Waals surface area contributed by atoms with E-state index in [2.05, 4.69) is 28.2 Å². The Bertz CT molecular complexity index is 573. The van der Waals surface area contributed by atoms with Crippen LogP contribution in [0.3, 0.4) is 0 Å². The quantitative estimate of drug-likeness (QED) is 0.693. The molecule has 0 radical (unpaired) electrons. The van der Waals surface area contributed by atoms with Gasteiger partial charge in [-0.2, -0.15) is 0 Å². The lowest BCUT2D eigenvalue weighted by Crippen LogP contribution is -2.24. The second kappa shape index (κ2) is 7.55. The predicted octanol–water partition coefficient (Wildman–Crippen LogP) is 5.59. The molecule has 0 aliphatic heterocycles. The summed E-state index contributed by atoms with van der Waals surface area (Å²) in [6, 6.07) is 7.13. The molecule has 1 nitrogen and oxygen atoms in total. The average molecular weight is 377 g/mol. The summed E-state index contributed by atoms with van der Waals surface area (Å²) in [4.78, 5) is 1.07. The summed E-state index contributed by atoms with van der Waals surface area (Å²) in [5.74, 6) is -0.185. The number of halogens is 3. The molecule has 0 saturated carbocycles. The minimum Gasteiger partial charge on any atom is -0.309 e. The molecule has 1 N–H and O–H groups in total. The smallest absolute Gasteiger partial charge is 0.127 e. The van der Waals surface area contributed by atoms with Gasteiger partial charge in [-0.05, 0) is 48.5 Å². The van der Waals surface area contributed by atoms with E-state index in [4.69, 9.17) is 11.6 Å². The Labute approximate surface area is 136 Å². The molecule has 1 aromatic heterocycles. The van der Waals surface area contributed by atoms with Crippen LogP contribution in [0, 0.1) is 5.82 Å². The van der Waals surface area contributed by atoms with Crippen LogP contribution in [0.25, 0.3) is 0 Å². The topological polar surface area (TPSA) is 12.0 Å². The highest BCUT2D eigenvalue weighted by Crippen LogP contribution is 2.31. The van der Waals surface area contributed by atoms with Gasteiger partial charge in [-0.1, -0.05) is 40.5 Å². The molecular formula is C15H16BrClFNS. The molecule has 108 valence electrons. The van der Waals surface area contributed by atoms with Crippen molar-refractivity contribution in [1.82, 2.24) is 5.32 Å². The Morgan fingerprint density at radius 1 is 1.40 bits per heavy atom. The minimum absolute atomic E-state index is 0.0538. The van der Waals surface area contributed by atoms with Crippen LogP contribution in [-0.4, -0.2) is 6.54 Å². The summed E-state index contributed by atoms with van der Waals surface area (Å²) in [7, 11) is 0. The molecule has 1 heterocycles. The third kappa shape index (κ3) is 4.04. The van der Waals surface area contributed by atoms with Crippen LogP contribution >= 0.6 is 38.9 Å². The lowest BCUT2D eigenvalue weighted by molar-refractivity contribution is 0.519. The molecule has 2 rings (SSSR count). The van der Waals surface area contributed by atoms with E-state index in [-0.39, 0.29) is 11.9 Å². The minimum atomic E-state index is -0.185. The van der Waals surface area contributed by atoms with E-state index in [1.54, 1.807) is 11.3 Å². The van der Waals surface area contributed by atoms with E-state index in [1.165, 1.54) is 6.07 Å². The van der Waals surface area contributed by atoms with Gasteiger partial charge in [-0.25, -0.2) is 4.39 Å². The third-order valence-corrected chi connectivity index (χ3v) is 5.01. The Morgan fingerprint density at radius 2 is 2.20 bits per heavy atom. The third-order valence-electron chi connectivity index (χ3n) is 3.04. The Balaban J connectivity index is 2.21. The van der Waals surface area contributed by atoms with Gasteiger partial charge in [0.2, 0.25) is 0 Å². The van der Waals surface area contributed by atoms with Crippen molar-refractivity contribution in [1.29, 1.82) is 0 Å². The van der Waals surface area contributed by atoms with Gasteiger partial charge in [0.25, 0.3) is 0 Å². The van der Waals surface area contributed by atoms with Gasteiger partial charge < -0.3 is 5.32 Å². The highest BCUT2D eigenvalue weighted by Gasteiger charge is 2.18. The molecule has 0 amide bonds. The Hall–Kier alpha value is -0.420. The summed E-state index contributed by atoms with van der Waals surface area (Å²) in [6.45, 7) is 3.00. The number of thiophene rings is 1. The van der Waals surface area contributed by atoms with Crippen molar-refractivity contribution in [3.63, 3.8) is 0 Å². The van der Waals surface area contributed by atoms with Crippen LogP contribution in [0.2, 0.25) is 5.02 Å². The number of benzene rings is 1. The molecule has 0 spiro atoms. The summed E-state index contributed by atoms with van der Waals surface area (Å²) in [6.07, 6.45) is 1.63. The maximum absolute atomic E-state index is 14.0. The van der Waals surface area contributed by atoms with Gasteiger partial charge in [-0.3, -0.25) is 0 Å². The normalized spacial score (nSPS) is 12.6. The fourth-order valence-corrected chi connectivity index (χ4v) is 3.64. The van der Waals surface area contributed by atoms with E-state index >= 15 is 0 Å². The first-order chi connectivity index (χ1) is 9.61. The van der Waals surface area contributed by atoms with Gasteiger partial charge in [-0.15, -0.1) is 11.3 Å². The lowest BCUT2D eigenvalue weighted by Gasteiger charge is -2.18. The number of rotatable bonds is 6. The van der Waals surface area contributed by atoms with Crippen LogP contribution in [0.1, 0.15) is 29.8 Å². The lowest BCUT2D eigenvalue weighted by atomic mass is 10.0. The summed E-state index contributed by atoms with van der Waals surface area (Å²) >= 11 is 11.1. The molecule has 5 heteroatoms. The zero-order chi connectivity index (χ0) is 14.5. The molecule has 0 aliphatic carbocycles. The van der Waals surface area contributed by atoms with Crippen molar-refractivity contribution >= 4 is 38.9 Å². The maximum Gasteiger partial charge on any atom is 0.127 e. The average Bonchev–Trinajstić information content (AvgIpc) is 2.83. The highest BCUT2D eigenvalue weighted by atomic mass is 79.9. The van der Waals surface area contributed by atoms with E-state index in [0.717, 1.165) is 27.3 Å². The predicted molar refractivity (Wildman–Crippen MR) is 88.2 cm³/mol. The van der Waals surface area contributed by atoms with Crippen molar-refractivity contribution in [3.05, 3.63) is 55.4 Å². The molecule has 1 unspecified atom stereocenters. The first kappa shape index (κ1) is 16.0. The Morgan fingerprint density at radius 3 is 2.80 bits per heavy atom. The number of nitrogens with one attached hydrogen (secondary N) is 1. The molecule has 1 atom stereocenters. The zero-order valence-corrected chi connectivity index (χ0v) is 14.3. The molecule has 2 aromatic rings. The second-order valence-electron chi connectivity index (χ2n) is 4.58. The first-order valence-electron chi connectivity index (χ1n) is 6.52. The SMILES string of the molecule is CCCNC(Cc1ccc(Br)cc1F)c1sccc1Cl. The molecule has 0 aliphatic rings. The zero-order valence-electron chi connectivity index (χ0n) is 11.1. The van der Waals surface area contributed by atoms with Crippen molar-refractivity contribution < 1.29 is 4.39 Å². The fraction of sp³-hybridized carbons (Fsp3) is 0.333. The first-order valence-corrected chi connectivity index (χ1v) is 8.57. The molecule has 0 saturated heterocycles. The fourth-order valence-electron chi connectivity index (χ4n) is 2.04. The largest absolute Gasteiger partial charge is 0.309 e. The molecule has 0 fully saturated rings. The van der Waals surface area contributed by atoms with E-state index in [0.29, 0.717) is 12.0 Å². The van der Waals surface area contributed by atoms with Crippen molar-refractivity contribution in [2.75, 3.05) is 6.54 Å². The van der Waals surface area contributed by atoms with Crippen LogP contribution in [-0.2, 0) is 6.42 Å². The maximum atomic E-state index is 14.0. The highest BCUT2D eigenvalue weighted by molar-refractivity contribution is 9.10. The summed E-state index contributed by atoms with van der Waals surface area (Å²) in [5, 5.41) is 6.17. The molecule has 20 heavy (non-hydrogen) atoms. The number of hydrogen-bond donors (Lipinski definition) is 1. The van der Waals surface area contributed by atoms with Gasteiger partial charge in [0.05, 0.1) is 5.02 Å². The van der Waals surface area contributed by atoms with E-state index < -0.39 is 0 Å². The van der Waals surface area contributed by atoms with E-state index in [9.17, 15) is 4.39 Å². The van der Waals surface area contributed by atoms with Crippen LogP contribution < -0.4 is 5.32 Å². The van der Waals surface area contributed by atoms with Crippen LogP contribution in [0.5, 0.6) is 0 Å². The van der Waals surface area contributed by atoms with Gasteiger partial charge in [0.1, 0.15) is 5.82 Å². The van der Waals surface area contributed by atoms with Crippen molar-refractivity contribution in [2.24, 2.45) is 0 Å². The monoisotopic (exact) mass is 375 g/mol. The van der Waals surface area contributed by atoms with Crippen molar-refractivity contribution in [3.8, 4) is 0 Å². The van der Waals surface area contributed by atoms with Crippen LogP contribution in [0.4, 0.5) is 4.39 Å². The van der Waals surface area contributed by atoms with Crippen molar-refractivity contribution in [2.45, 2.75) is 25.8 Å². The van der Waals surface area contributed by atoms with Crippen LogP contribution in [0.15, 0.2) is 34.1 Å². The summed E-state index contributed by atoms with van der Waals surface area (Å²) < 4.78 is 14.7.